The van der Waals surface area contributed by atoms with E-state index in [0.29, 0.717) is 24.6 Å². The first-order valence-corrected chi connectivity index (χ1v) is 12.9. The molecule has 9 nitrogen and oxygen atoms in total. The number of nitrogens with zero attached hydrogens (tertiary/aromatic N) is 4. The van der Waals surface area contributed by atoms with Gasteiger partial charge >= 0.3 is 0 Å². The average molecular weight is 502 g/mol. The number of likely N-dealkylation sites (tertiary alicyclic amines) is 1. The molecule has 0 aliphatic carbocycles. The van der Waals surface area contributed by atoms with Crippen molar-refractivity contribution in [3.05, 3.63) is 53.2 Å². The summed E-state index contributed by atoms with van der Waals surface area (Å²) >= 11 is 0. The average Bonchev–Trinajstić information content (AvgIpc) is 3.44. The second kappa shape index (κ2) is 9.39. The summed E-state index contributed by atoms with van der Waals surface area (Å²) in [6.45, 7) is 3.20. The van der Waals surface area contributed by atoms with Crippen molar-refractivity contribution in [3.63, 3.8) is 0 Å². The zero-order chi connectivity index (χ0) is 25.7. The number of ether oxygens (including phenoxy) is 1. The van der Waals surface area contributed by atoms with Gasteiger partial charge in [0, 0.05) is 69.5 Å². The van der Waals surface area contributed by atoms with Gasteiger partial charge in [-0.1, -0.05) is 6.07 Å². The van der Waals surface area contributed by atoms with Gasteiger partial charge in [-0.05, 0) is 54.7 Å². The fraction of sp³-hybridized carbons (Fsp3) is 0.429. The molecule has 3 amide bonds. The second-order valence-corrected chi connectivity index (χ2v) is 10.3. The number of rotatable bonds is 5. The van der Waals surface area contributed by atoms with Crippen molar-refractivity contribution in [2.45, 2.75) is 50.9 Å². The third kappa shape index (κ3) is 4.32. The summed E-state index contributed by atoms with van der Waals surface area (Å²) in [5.74, 6) is -0.844. The van der Waals surface area contributed by atoms with E-state index < -0.39 is 11.9 Å². The number of amides is 3. The molecule has 3 aromatic rings. The van der Waals surface area contributed by atoms with Crippen LogP contribution in [-0.2, 0) is 34.5 Å². The van der Waals surface area contributed by atoms with E-state index in [1.807, 2.05) is 36.0 Å². The van der Waals surface area contributed by atoms with Gasteiger partial charge in [0.2, 0.25) is 11.8 Å². The summed E-state index contributed by atoms with van der Waals surface area (Å²) in [5.41, 5.74) is 5.46. The molecular weight excluding hydrogens is 470 g/mol. The predicted octanol–water partition coefficient (Wildman–Crippen LogP) is 2.61. The summed E-state index contributed by atoms with van der Waals surface area (Å²) < 4.78 is 7.58. The number of carbonyl (C=O) groups is 3. The molecule has 2 fully saturated rings. The standard InChI is InChI=1S/C28H31N5O4/c1-31-10-9-21-19(15-32-11-7-20(37-2)8-12-32)14-23(29-26(21)31)17-3-4-22-18(13-17)16-33(28(22)36)24-5-6-25(34)30-27(24)35/h3-4,9-10,13-14,20,24H,5-8,11-12,15-16H2,1-2H3,(H,30,34,35). The van der Waals surface area contributed by atoms with Crippen LogP contribution in [0.4, 0.5) is 0 Å². The molecule has 1 unspecified atom stereocenters. The minimum Gasteiger partial charge on any atom is -0.381 e. The number of piperidine rings is 2. The molecule has 9 heteroatoms. The lowest BCUT2D eigenvalue weighted by atomic mass is 10.0. The highest BCUT2D eigenvalue weighted by atomic mass is 16.5. The molecule has 0 bridgehead atoms. The Morgan fingerprint density at radius 3 is 2.65 bits per heavy atom. The number of fused-ring (bicyclic) bond motifs is 2. The Morgan fingerprint density at radius 1 is 1.08 bits per heavy atom. The van der Waals surface area contributed by atoms with E-state index in [9.17, 15) is 14.4 Å². The quantitative estimate of drug-likeness (QED) is 0.540. The van der Waals surface area contributed by atoms with Crippen LogP contribution < -0.4 is 5.32 Å². The Bertz CT molecular complexity index is 1410. The first kappa shape index (κ1) is 23.8. The number of methoxy groups -OCH3 is 1. The van der Waals surface area contributed by atoms with E-state index in [1.165, 1.54) is 5.56 Å². The first-order valence-electron chi connectivity index (χ1n) is 12.9. The van der Waals surface area contributed by atoms with Crippen molar-refractivity contribution >= 4 is 28.8 Å². The van der Waals surface area contributed by atoms with Gasteiger partial charge in [0.25, 0.3) is 5.91 Å². The van der Waals surface area contributed by atoms with E-state index in [0.717, 1.165) is 60.3 Å². The van der Waals surface area contributed by atoms with Crippen molar-refractivity contribution in [2.75, 3.05) is 20.2 Å². The smallest absolute Gasteiger partial charge is 0.255 e. The first-order chi connectivity index (χ1) is 17.9. The highest BCUT2D eigenvalue weighted by Gasteiger charge is 2.39. The maximum Gasteiger partial charge on any atom is 0.255 e. The number of hydrogen-bond acceptors (Lipinski definition) is 6. The maximum absolute atomic E-state index is 13.1. The number of pyridine rings is 1. The Morgan fingerprint density at radius 2 is 1.89 bits per heavy atom. The number of nitrogens with one attached hydrogen (secondary N) is 1. The summed E-state index contributed by atoms with van der Waals surface area (Å²) in [4.78, 5) is 46.1. The Balaban J connectivity index is 1.29. The highest BCUT2D eigenvalue weighted by Crippen LogP contribution is 2.33. The monoisotopic (exact) mass is 501 g/mol. The fourth-order valence-electron chi connectivity index (χ4n) is 5.86. The molecule has 5 heterocycles. The third-order valence-corrected chi connectivity index (χ3v) is 8.00. The lowest BCUT2D eigenvalue weighted by Crippen LogP contribution is -2.52. The van der Waals surface area contributed by atoms with E-state index in [4.69, 9.17) is 9.72 Å². The van der Waals surface area contributed by atoms with Gasteiger partial charge in [-0.3, -0.25) is 24.6 Å². The number of aromatic nitrogens is 2. The molecule has 1 aromatic carbocycles. The molecule has 2 aromatic heterocycles. The number of carbonyl (C=O) groups excluding carboxylic acids is 3. The summed E-state index contributed by atoms with van der Waals surface area (Å²) in [7, 11) is 3.80. The second-order valence-electron chi connectivity index (χ2n) is 10.3. The fourth-order valence-corrected chi connectivity index (χ4v) is 5.86. The molecular formula is C28H31N5O4. The Kier molecular flexibility index (Phi) is 6.04. The third-order valence-electron chi connectivity index (χ3n) is 8.00. The van der Waals surface area contributed by atoms with Crippen molar-refractivity contribution in [1.29, 1.82) is 0 Å². The molecule has 0 radical (unpaired) electrons. The minimum atomic E-state index is -0.618. The van der Waals surface area contributed by atoms with Crippen molar-refractivity contribution in [3.8, 4) is 11.3 Å². The van der Waals surface area contributed by atoms with Gasteiger partial charge in [0.05, 0.1) is 11.8 Å². The highest BCUT2D eigenvalue weighted by molar-refractivity contribution is 6.05. The van der Waals surface area contributed by atoms with E-state index >= 15 is 0 Å². The molecule has 192 valence electrons. The topological polar surface area (TPSA) is 96.8 Å². The number of benzene rings is 1. The zero-order valence-corrected chi connectivity index (χ0v) is 21.2. The summed E-state index contributed by atoms with van der Waals surface area (Å²) in [6, 6.07) is 9.47. The lowest BCUT2D eigenvalue weighted by molar-refractivity contribution is -0.136. The summed E-state index contributed by atoms with van der Waals surface area (Å²) in [6.07, 6.45) is 5.06. The van der Waals surface area contributed by atoms with Crippen LogP contribution in [0, 0.1) is 0 Å². The number of aryl methyl sites for hydroxylation is 1. The van der Waals surface area contributed by atoms with Gasteiger partial charge in [-0.25, -0.2) is 4.98 Å². The minimum absolute atomic E-state index is 0.165. The molecule has 2 saturated heterocycles. The Labute approximate surface area is 215 Å². The van der Waals surface area contributed by atoms with Crippen LogP contribution in [0.15, 0.2) is 36.5 Å². The largest absolute Gasteiger partial charge is 0.381 e. The SMILES string of the molecule is COC1CCN(Cc2cc(-c3ccc4c(c3)CN(C3CCC(=O)NC3=O)C4=O)nc3c2ccn3C)CC1. The zero-order valence-electron chi connectivity index (χ0n) is 21.2. The van der Waals surface area contributed by atoms with Crippen LogP contribution in [-0.4, -0.2) is 69.4 Å². The van der Waals surface area contributed by atoms with Crippen LogP contribution in [0.2, 0.25) is 0 Å². The molecule has 1 atom stereocenters. The number of imide groups is 1. The maximum atomic E-state index is 13.1. The van der Waals surface area contributed by atoms with Gasteiger partial charge in [-0.15, -0.1) is 0 Å². The van der Waals surface area contributed by atoms with E-state index in [1.54, 1.807) is 12.0 Å². The normalized spacial score (nSPS) is 21.1. The van der Waals surface area contributed by atoms with E-state index in [-0.39, 0.29) is 18.2 Å². The van der Waals surface area contributed by atoms with Crippen LogP contribution >= 0.6 is 0 Å². The molecule has 37 heavy (non-hydrogen) atoms. The van der Waals surface area contributed by atoms with Gasteiger partial charge in [-0.2, -0.15) is 0 Å². The summed E-state index contributed by atoms with van der Waals surface area (Å²) in [5, 5.41) is 3.51. The van der Waals surface area contributed by atoms with Crippen LogP contribution in [0.5, 0.6) is 0 Å². The van der Waals surface area contributed by atoms with Crippen molar-refractivity contribution in [2.24, 2.45) is 7.05 Å². The van der Waals surface area contributed by atoms with Gasteiger partial charge in [0.1, 0.15) is 11.7 Å². The van der Waals surface area contributed by atoms with Crippen LogP contribution in [0.1, 0.15) is 47.2 Å². The molecule has 0 spiro atoms. The molecule has 6 rings (SSSR count). The molecule has 0 saturated carbocycles. The lowest BCUT2D eigenvalue weighted by Gasteiger charge is -2.31. The van der Waals surface area contributed by atoms with Crippen LogP contribution in [0.25, 0.3) is 22.3 Å². The molecule has 3 aliphatic rings. The van der Waals surface area contributed by atoms with Crippen molar-refractivity contribution in [1.82, 2.24) is 24.7 Å². The van der Waals surface area contributed by atoms with Gasteiger partial charge in [0.15, 0.2) is 0 Å². The Hall–Kier alpha value is -3.56. The molecule has 1 N–H and O–H groups in total. The van der Waals surface area contributed by atoms with Crippen molar-refractivity contribution < 1.29 is 19.1 Å². The predicted molar refractivity (Wildman–Crippen MR) is 138 cm³/mol. The van der Waals surface area contributed by atoms with Crippen LogP contribution in [0.3, 0.4) is 0 Å². The van der Waals surface area contributed by atoms with Gasteiger partial charge < -0.3 is 14.2 Å². The number of hydrogen-bond donors (Lipinski definition) is 1. The van der Waals surface area contributed by atoms with E-state index in [2.05, 4.69) is 22.3 Å². The molecule has 3 aliphatic heterocycles.